The van der Waals surface area contributed by atoms with E-state index in [0.717, 1.165) is 0 Å². The molecule has 0 spiro atoms. The van der Waals surface area contributed by atoms with E-state index in [4.69, 9.17) is 5.73 Å². The van der Waals surface area contributed by atoms with Crippen LogP contribution in [0.15, 0.2) is 5.10 Å². The molecule has 1 aliphatic heterocycles. The van der Waals surface area contributed by atoms with Gasteiger partial charge in [0.1, 0.15) is 5.71 Å². The maximum atomic E-state index is 10.3. The summed E-state index contributed by atoms with van der Waals surface area (Å²) in [7, 11) is 0. The van der Waals surface area contributed by atoms with E-state index >= 15 is 0 Å². The molecule has 0 saturated carbocycles. The largest absolute Gasteiger partial charge is 0.364 e. The zero-order valence-electron chi connectivity index (χ0n) is 4.55. The highest BCUT2D eigenvalue weighted by Crippen LogP contribution is 1.92. The normalized spacial score (nSPS) is 16.9. The summed E-state index contributed by atoms with van der Waals surface area (Å²) < 4.78 is 0. The third-order valence-corrected chi connectivity index (χ3v) is 0.928. The fraction of sp³-hybridized carbons (Fsp3) is 0.250. The Morgan fingerprint density at radius 2 is 2.44 bits per heavy atom. The highest BCUT2D eigenvalue weighted by molar-refractivity contribution is 6.42. The van der Waals surface area contributed by atoms with Crippen molar-refractivity contribution in [2.75, 3.05) is 0 Å². The SMILES string of the molecule is NC(=O)C1=NNC(=O)C1. The maximum Gasteiger partial charge on any atom is 0.265 e. The quantitative estimate of drug-likeness (QED) is 0.442. The molecule has 0 aliphatic carbocycles. The van der Waals surface area contributed by atoms with Gasteiger partial charge in [-0.1, -0.05) is 0 Å². The van der Waals surface area contributed by atoms with Gasteiger partial charge in [0.05, 0.1) is 6.42 Å². The second kappa shape index (κ2) is 1.85. The Morgan fingerprint density at radius 1 is 1.78 bits per heavy atom. The van der Waals surface area contributed by atoms with Gasteiger partial charge in [-0.05, 0) is 0 Å². The Kier molecular flexibility index (Phi) is 1.18. The summed E-state index contributed by atoms with van der Waals surface area (Å²) in [5, 5.41) is 3.36. The Morgan fingerprint density at radius 3 is 2.67 bits per heavy atom. The Hall–Kier alpha value is -1.39. The number of hydrogen-bond donors (Lipinski definition) is 2. The van der Waals surface area contributed by atoms with Crippen LogP contribution in [0.5, 0.6) is 0 Å². The van der Waals surface area contributed by atoms with Gasteiger partial charge in [-0.2, -0.15) is 5.10 Å². The highest BCUT2D eigenvalue weighted by atomic mass is 16.2. The van der Waals surface area contributed by atoms with Gasteiger partial charge in [-0.3, -0.25) is 9.59 Å². The fourth-order valence-corrected chi connectivity index (χ4v) is 0.503. The second-order valence-electron chi connectivity index (χ2n) is 1.63. The van der Waals surface area contributed by atoms with Crippen molar-refractivity contribution in [3.8, 4) is 0 Å². The number of carbonyl (C=O) groups excluding carboxylic acids is 2. The van der Waals surface area contributed by atoms with Gasteiger partial charge in [0.15, 0.2) is 0 Å². The topological polar surface area (TPSA) is 84.6 Å². The van der Waals surface area contributed by atoms with Crippen LogP contribution in [-0.4, -0.2) is 17.5 Å². The summed E-state index contributed by atoms with van der Waals surface area (Å²) in [5.41, 5.74) is 6.99. The van der Waals surface area contributed by atoms with Crippen LogP contribution in [-0.2, 0) is 9.59 Å². The van der Waals surface area contributed by atoms with Gasteiger partial charge in [-0.15, -0.1) is 0 Å². The molecule has 9 heavy (non-hydrogen) atoms. The van der Waals surface area contributed by atoms with E-state index in [1.165, 1.54) is 0 Å². The lowest BCUT2D eigenvalue weighted by atomic mass is 10.3. The molecule has 5 heteroatoms. The van der Waals surface area contributed by atoms with Crippen LogP contribution in [0, 0.1) is 0 Å². The van der Waals surface area contributed by atoms with E-state index in [0.29, 0.717) is 0 Å². The molecular weight excluding hydrogens is 122 g/mol. The van der Waals surface area contributed by atoms with E-state index in [1.54, 1.807) is 0 Å². The summed E-state index contributed by atoms with van der Waals surface area (Å²) in [5.74, 6) is -0.933. The predicted octanol–water partition coefficient (Wildman–Crippen LogP) is -1.65. The zero-order chi connectivity index (χ0) is 6.85. The van der Waals surface area contributed by atoms with Crippen LogP contribution in [0.3, 0.4) is 0 Å². The van der Waals surface area contributed by atoms with E-state index in [1.807, 2.05) is 0 Å². The molecule has 48 valence electrons. The Bertz CT molecular complexity index is 196. The van der Waals surface area contributed by atoms with Gasteiger partial charge in [-0.25, -0.2) is 5.43 Å². The first-order chi connectivity index (χ1) is 4.20. The van der Waals surface area contributed by atoms with Crippen molar-refractivity contribution in [3.63, 3.8) is 0 Å². The average molecular weight is 127 g/mol. The minimum Gasteiger partial charge on any atom is -0.364 e. The number of amides is 2. The summed E-state index contributed by atoms with van der Waals surface area (Å²) in [6, 6.07) is 0. The van der Waals surface area contributed by atoms with Crippen molar-refractivity contribution >= 4 is 17.5 Å². The van der Waals surface area contributed by atoms with Crippen LogP contribution >= 0.6 is 0 Å². The molecule has 1 rings (SSSR count). The van der Waals surface area contributed by atoms with Gasteiger partial charge < -0.3 is 5.73 Å². The molecule has 0 radical (unpaired) electrons. The first-order valence-corrected chi connectivity index (χ1v) is 2.35. The summed E-state index contributed by atoms with van der Waals surface area (Å²) in [6.45, 7) is 0. The maximum absolute atomic E-state index is 10.3. The standard InChI is InChI=1S/C4H5N3O2/c5-4(9)2-1-3(8)7-6-2/h1H2,(H2,5,9)(H,7,8). The molecule has 0 aromatic heterocycles. The molecular formula is C4H5N3O2. The molecule has 1 aliphatic rings. The van der Waals surface area contributed by atoms with E-state index < -0.39 is 5.91 Å². The second-order valence-corrected chi connectivity index (χ2v) is 1.63. The van der Waals surface area contributed by atoms with Gasteiger partial charge in [0, 0.05) is 0 Å². The summed E-state index contributed by atoms with van der Waals surface area (Å²) in [6.07, 6.45) is 0.00926. The zero-order valence-corrected chi connectivity index (χ0v) is 4.55. The van der Waals surface area contributed by atoms with Crippen molar-refractivity contribution in [2.24, 2.45) is 10.8 Å². The number of nitrogens with two attached hydrogens (primary N) is 1. The number of rotatable bonds is 1. The van der Waals surface area contributed by atoms with Crippen molar-refractivity contribution in [3.05, 3.63) is 0 Å². The lowest BCUT2D eigenvalue weighted by molar-refractivity contribution is -0.119. The van der Waals surface area contributed by atoms with Gasteiger partial charge in [0.2, 0.25) is 5.91 Å². The van der Waals surface area contributed by atoms with Crippen LogP contribution in [0.2, 0.25) is 0 Å². The van der Waals surface area contributed by atoms with Crippen molar-refractivity contribution in [2.45, 2.75) is 6.42 Å². The van der Waals surface area contributed by atoms with E-state index in [-0.39, 0.29) is 18.0 Å². The molecule has 5 nitrogen and oxygen atoms in total. The first-order valence-electron chi connectivity index (χ1n) is 2.35. The van der Waals surface area contributed by atoms with Crippen LogP contribution < -0.4 is 11.2 Å². The number of carbonyl (C=O) groups is 2. The number of hydrogen-bond acceptors (Lipinski definition) is 3. The highest BCUT2D eigenvalue weighted by Gasteiger charge is 2.18. The third-order valence-electron chi connectivity index (χ3n) is 0.928. The molecule has 0 fully saturated rings. The van der Waals surface area contributed by atoms with Crippen LogP contribution in [0.4, 0.5) is 0 Å². The van der Waals surface area contributed by atoms with Gasteiger partial charge in [0.25, 0.3) is 5.91 Å². The third kappa shape index (κ3) is 1.04. The monoisotopic (exact) mass is 127 g/mol. The molecule has 0 aromatic rings. The number of nitrogens with one attached hydrogen (secondary N) is 1. The molecule has 0 saturated heterocycles. The van der Waals surface area contributed by atoms with Crippen molar-refractivity contribution in [1.29, 1.82) is 0 Å². The summed E-state index contributed by atoms with van der Waals surface area (Å²) >= 11 is 0. The fourth-order valence-electron chi connectivity index (χ4n) is 0.503. The molecule has 0 bridgehead atoms. The molecule has 0 atom stereocenters. The Balaban J connectivity index is 2.65. The minimum absolute atomic E-state index is 0.00926. The predicted molar refractivity (Wildman–Crippen MR) is 29.4 cm³/mol. The van der Waals surface area contributed by atoms with Crippen LogP contribution in [0.25, 0.3) is 0 Å². The van der Waals surface area contributed by atoms with E-state index in [2.05, 4.69) is 10.5 Å². The molecule has 0 unspecified atom stereocenters. The average Bonchev–Trinajstić information content (AvgIpc) is 2.14. The molecule has 3 N–H and O–H groups in total. The summed E-state index contributed by atoms with van der Waals surface area (Å²) in [4.78, 5) is 20.6. The molecule has 0 aromatic carbocycles. The number of primary amides is 1. The van der Waals surface area contributed by atoms with Gasteiger partial charge >= 0.3 is 0 Å². The van der Waals surface area contributed by atoms with Crippen molar-refractivity contribution in [1.82, 2.24) is 5.43 Å². The lowest BCUT2D eigenvalue weighted by Crippen LogP contribution is -2.22. The molecule has 1 heterocycles. The van der Waals surface area contributed by atoms with E-state index in [9.17, 15) is 9.59 Å². The van der Waals surface area contributed by atoms with Crippen LogP contribution in [0.1, 0.15) is 6.42 Å². The minimum atomic E-state index is -0.645. The van der Waals surface area contributed by atoms with Crippen molar-refractivity contribution < 1.29 is 9.59 Å². The Labute approximate surface area is 50.9 Å². The lowest BCUT2D eigenvalue weighted by Gasteiger charge is -1.83. The smallest absolute Gasteiger partial charge is 0.265 e. The first kappa shape index (κ1) is 5.74. The molecule has 2 amide bonds. The number of hydrazone groups is 1. The number of nitrogens with zero attached hydrogens (tertiary/aromatic N) is 1.